The van der Waals surface area contributed by atoms with Crippen LogP contribution in [0.4, 0.5) is 5.69 Å². The van der Waals surface area contributed by atoms with Crippen molar-refractivity contribution in [1.82, 2.24) is 4.98 Å². The Morgan fingerprint density at radius 2 is 1.88 bits per heavy atom. The Kier molecular flexibility index (Phi) is 3.25. The third kappa shape index (κ3) is 2.75. The number of hydrogen-bond acceptors (Lipinski definition) is 3. The van der Waals surface area contributed by atoms with Gasteiger partial charge in [0, 0.05) is 6.20 Å². The molecule has 1 heterocycles. The predicted octanol–water partition coefficient (Wildman–Crippen LogP) is 3.16. The number of aromatic nitrogens is 1. The lowest BCUT2D eigenvalue weighted by atomic mass is 10.1. The van der Waals surface area contributed by atoms with Crippen LogP contribution in [0.2, 0.25) is 0 Å². The van der Waals surface area contributed by atoms with Crippen molar-refractivity contribution < 1.29 is 4.92 Å². The molecule has 1 aromatic heterocycles. The Morgan fingerprint density at radius 3 is 2.59 bits per heavy atom. The van der Waals surface area contributed by atoms with E-state index >= 15 is 0 Å². The zero-order valence-corrected chi connectivity index (χ0v) is 8.98. The molecule has 0 aliphatic carbocycles. The van der Waals surface area contributed by atoms with Crippen LogP contribution in [0, 0.1) is 10.1 Å². The highest BCUT2D eigenvalue weighted by Crippen LogP contribution is 2.18. The van der Waals surface area contributed by atoms with Crippen molar-refractivity contribution in [2.75, 3.05) is 0 Å². The fourth-order valence-corrected chi connectivity index (χ4v) is 1.44. The molecule has 0 saturated carbocycles. The van der Waals surface area contributed by atoms with Crippen molar-refractivity contribution in [1.29, 1.82) is 0 Å². The molecular weight excluding hydrogens is 216 g/mol. The van der Waals surface area contributed by atoms with Crippen LogP contribution in [-0.4, -0.2) is 9.91 Å². The summed E-state index contributed by atoms with van der Waals surface area (Å²) in [5.41, 5.74) is 1.56. The van der Waals surface area contributed by atoms with Crippen LogP contribution in [0.15, 0.2) is 48.8 Å². The molecule has 0 atom stereocenters. The Balaban J connectivity index is 2.30. The van der Waals surface area contributed by atoms with Gasteiger partial charge in [-0.2, -0.15) is 0 Å². The molecule has 0 unspecified atom stereocenters. The van der Waals surface area contributed by atoms with E-state index in [0.29, 0.717) is 5.56 Å². The Bertz CT molecular complexity index is 550. The summed E-state index contributed by atoms with van der Waals surface area (Å²) in [5.74, 6) is 0. The summed E-state index contributed by atoms with van der Waals surface area (Å²) in [7, 11) is 0. The maximum absolute atomic E-state index is 10.8. The highest BCUT2D eigenvalue weighted by molar-refractivity contribution is 5.73. The van der Waals surface area contributed by atoms with E-state index in [0.717, 1.165) is 5.56 Å². The number of nitro groups is 1. The van der Waals surface area contributed by atoms with Crippen LogP contribution in [0.1, 0.15) is 11.1 Å². The lowest BCUT2D eigenvalue weighted by Crippen LogP contribution is -1.91. The first-order valence-corrected chi connectivity index (χ1v) is 5.09. The maximum Gasteiger partial charge on any atom is 0.294 e. The van der Waals surface area contributed by atoms with E-state index in [-0.39, 0.29) is 5.69 Å². The van der Waals surface area contributed by atoms with E-state index in [9.17, 15) is 10.1 Å². The molecule has 2 rings (SSSR count). The Labute approximate surface area is 98.4 Å². The van der Waals surface area contributed by atoms with Gasteiger partial charge in [0.1, 0.15) is 6.20 Å². The minimum Gasteiger partial charge on any atom is -0.258 e. The van der Waals surface area contributed by atoms with Crippen molar-refractivity contribution >= 4 is 17.8 Å². The first kappa shape index (κ1) is 11.0. The van der Waals surface area contributed by atoms with Gasteiger partial charge in [0.25, 0.3) is 5.69 Å². The zero-order chi connectivity index (χ0) is 12.1. The lowest BCUT2D eigenvalue weighted by molar-refractivity contribution is -0.385. The van der Waals surface area contributed by atoms with Crippen LogP contribution in [0.5, 0.6) is 0 Å². The average molecular weight is 226 g/mol. The predicted molar refractivity (Wildman–Crippen MR) is 66.3 cm³/mol. The van der Waals surface area contributed by atoms with E-state index in [1.54, 1.807) is 12.1 Å². The molecule has 84 valence electrons. The Hall–Kier alpha value is -2.49. The molecule has 0 aliphatic rings. The molecule has 17 heavy (non-hydrogen) atoms. The summed E-state index contributed by atoms with van der Waals surface area (Å²) in [5, 5.41) is 10.8. The van der Waals surface area contributed by atoms with Crippen molar-refractivity contribution in [2.45, 2.75) is 0 Å². The number of nitrogens with zero attached hydrogens (tertiary/aromatic N) is 2. The van der Waals surface area contributed by atoms with E-state index < -0.39 is 4.92 Å². The van der Waals surface area contributed by atoms with Crippen molar-refractivity contribution in [2.24, 2.45) is 0 Å². The van der Waals surface area contributed by atoms with Gasteiger partial charge in [0.2, 0.25) is 0 Å². The summed E-state index contributed by atoms with van der Waals surface area (Å²) in [6, 6.07) is 11.2. The fraction of sp³-hybridized carbons (Fsp3) is 0. The van der Waals surface area contributed by atoms with Crippen LogP contribution in [0.3, 0.4) is 0 Å². The van der Waals surface area contributed by atoms with Gasteiger partial charge >= 0.3 is 0 Å². The second-order valence-electron chi connectivity index (χ2n) is 3.44. The highest BCUT2D eigenvalue weighted by Gasteiger charge is 2.09. The molecule has 0 bridgehead atoms. The van der Waals surface area contributed by atoms with Crippen LogP contribution >= 0.6 is 0 Å². The van der Waals surface area contributed by atoms with Gasteiger partial charge in [-0.1, -0.05) is 36.4 Å². The summed E-state index contributed by atoms with van der Waals surface area (Å²) >= 11 is 0. The number of pyridine rings is 1. The van der Waals surface area contributed by atoms with Gasteiger partial charge in [-0.15, -0.1) is 0 Å². The van der Waals surface area contributed by atoms with E-state index in [1.807, 2.05) is 36.4 Å². The summed E-state index contributed by atoms with van der Waals surface area (Å²) < 4.78 is 0. The first-order chi connectivity index (χ1) is 8.27. The minimum atomic E-state index is -0.433. The first-order valence-electron chi connectivity index (χ1n) is 5.09. The summed E-state index contributed by atoms with van der Waals surface area (Å²) in [6.45, 7) is 0. The van der Waals surface area contributed by atoms with E-state index in [1.165, 1.54) is 12.4 Å². The molecule has 2 aromatic rings. The molecule has 4 heteroatoms. The molecule has 0 saturated heterocycles. The van der Waals surface area contributed by atoms with E-state index in [4.69, 9.17) is 0 Å². The number of benzene rings is 1. The van der Waals surface area contributed by atoms with Crippen molar-refractivity contribution in [3.8, 4) is 0 Å². The number of rotatable bonds is 3. The second-order valence-corrected chi connectivity index (χ2v) is 3.44. The SMILES string of the molecule is O=[N+]([O-])c1cnccc1C=Cc1ccccc1. The standard InChI is InChI=1S/C13H10N2O2/c16-15(17)13-10-14-9-8-12(13)7-6-11-4-2-1-3-5-11/h1-10H. The van der Waals surface area contributed by atoms with Crippen molar-refractivity contribution in [3.05, 3.63) is 70.0 Å². The number of hydrogen-bond donors (Lipinski definition) is 0. The fourth-order valence-electron chi connectivity index (χ4n) is 1.44. The largest absolute Gasteiger partial charge is 0.294 e. The molecular formula is C13H10N2O2. The van der Waals surface area contributed by atoms with Gasteiger partial charge in [-0.25, -0.2) is 0 Å². The van der Waals surface area contributed by atoms with Crippen molar-refractivity contribution in [3.63, 3.8) is 0 Å². The molecule has 0 radical (unpaired) electrons. The van der Waals surface area contributed by atoms with Gasteiger partial charge < -0.3 is 0 Å². The third-order valence-corrected chi connectivity index (χ3v) is 2.28. The third-order valence-electron chi connectivity index (χ3n) is 2.28. The zero-order valence-electron chi connectivity index (χ0n) is 8.98. The summed E-state index contributed by atoms with van der Waals surface area (Å²) in [4.78, 5) is 14.1. The topological polar surface area (TPSA) is 56.0 Å². The van der Waals surface area contributed by atoms with Gasteiger partial charge in [-0.05, 0) is 17.7 Å². The molecule has 0 spiro atoms. The normalized spacial score (nSPS) is 10.6. The van der Waals surface area contributed by atoms with Gasteiger partial charge in [-0.3, -0.25) is 15.1 Å². The molecule has 0 aliphatic heterocycles. The van der Waals surface area contributed by atoms with Gasteiger partial charge in [0.05, 0.1) is 10.5 Å². The molecule has 0 fully saturated rings. The molecule has 1 aromatic carbocycles. The maximum atomic E-state index is 10.8. The van der Waals surface area contributed by atoms with E-state index in [2.05, 4.69) is 4.98 Å². The lowest BCUT2D eigenvalue weighted by Gasteiger charge is -1.96. The smallest absolute Gasteiger partial charge is 0.258 e. The average Bonchev–Trinajstić information content (AvgIpc) is 2.38. The minimum absolute atomic E-state index is 0.0136. The highest BCUT2D eigenvalue weighted by atomic mass is 16.6. The molecule has 0 amide bonds. The molecule has 4 nitrogen and oxygen atoms in total. The van der Waals surface area contributed by atoms with Gasteiger partial charge in [0.15, 0.2) is 0 Å². The molecule has 0 N–H and O–H groups in total. The second kappa shape index (κ2) is 5.03. The van der Waals surface area contributed by atoms with Crippen LogP contribution in [0.25, 0.3) is 12.2 Å². The quantitative estimate of drug-likeness (QED) is 0.596. The van der Waals surface area contributed by atoms with Crippen LogP contribution in [-0.2, 0) is 0 Å². The monoisotopic (exact) mass is 226 g/mol. The Morgan fingerprint density at radius 1 is 1.12 bits per heavy atom. The summed E-state index contributed by atoms with van der Waals surface area (Å²) in [6.07, 6.45) is 6.35. The van der Waals surface area contributed by atoms with Crippen LogP contribution < -0.4 is 0 Å².